The van der Waals surface area contributed by atoms with Gasteiger partial charge in [-0.05, 0) is 37.9 Å². The Labute approximate surface area is 121 Å². The summed E-state index contributed by atoms with van der Waals surface area (Å²) in [5, 5.41) is 5.39. The molecule has 2 aromatic rings. The first-order chi connectivity index (χ1) is 9.79. The summed E-state index contributed by atoms with van der Waals surface area (Å²) in [4.78, 5) is 19.8. The van der Waals surface area contributed by atoms with E-state index in [0.29, 0.717) is 0 Å². The highest BCUT2D eigenvalue weighted by Gasteiger charge is 2.32. The van der Waals surface area contributed by atoms with E-state index < -0.39 is 0 Å². The van der Waals surface area contributed by atoms with E-state index in [1.165, 1.54) is 24.3 Å². The molecule has 5 nitrogen and oxygen atoms in total. The number of likely N-dealkylation sites (tertiary alicyclic amines) is 1. The molecule has 2 aromatic heterocycles. The monoisotopic (exact) mass is 290 g/mol. The van der Waals surface area contributed by atoms with Gasteiger partial charge in [0.25, 0.3) is 5.56 Å². The molecule has 2 fully saturated rings. The molecular formula is C14H18N4OS. The third-order valence-corrected chi connectivity index (χ3v) is 5.29. The number of rotatable bonds is 2. The predicted octanol–water partition coefficient (Wildman–Crippen LogP) is 0.797. The first-order valence-electron chi connectivity index (χ1n) is 7.18. The van der Waals surface area contributed by atoms with E-state index in [-0.39, 0.29) is 5.56 Å². The largest absolute Gasteiger partial charge is 0.316 e. The average Bonchev–Trinajstić information content (AvgIpc) is 3.06. The molecule has 2 aliphatic heterocycles. The van der Waals surface area contributed by atoms with Crippen molar-refractivity contribution in [1.29, 1.82) is 0 Å². The zero-order valence-electron chi connectivity index (χ0n) is 11.3. The van der Waals surface area contributed by atoms with Crippen LogP contribution in [-0.2, 0) is 6.54 Å². The van der Waals surface area contributed by atoms with E-state index in [9.17, 15) is 4.79 Å². The molecular weight excluding hydrogens is 272 g/mol. The van der Waals surface area contributed by atoms with Gasteiger partial charge in [-0.15, -0.1) is 11.3 Å². The molecule has 2 unspecified atom stereocenters. The molecule has 0 aliphatic carbocycles. The molecule has 2 atom stereocenters. The second-order valence-electron chi connectivity index (χ2n) is 5.84. The zero-order valence-corrected chi connectivity index (χ0v) is 12.1. The van der Waals surface area contributed by atoms with Gasteiger partial charge in [-0.25, -0.2) is 4.98 Å². The van der Waals surface area contributed by atoms with Gasteiger partial charge in [-0.1, -0.05) is 0 Å². The minimum absolute atomic E-state index is 0.0312. The smallest absolute Gasteiger partial charge is 0.258 e. The summed E-state index contributed by atoms with van der Waals surface area (Å²) >= 11 is 1.52. The molecule has 106 valence electrons. The van der Waals surface area contributed by atoms with Crippen molar-refractivity contribution in [2.24, 2.45) is 11.8 Å². The Hall–Kier alpha value is -1.24. The molecule has 6 heteroatoms. The van der Waals surface area contributed by atoms with Gasteiger partial charge in [0.05, 0.1) is 5.69 Å². The quantitative estimate of drug-likeness (QED) is 0.889. The standard InChI is InChI=1S/C14H18N4OS/c19-13-5-12(16-14-18(13)3-4-20-14)9-17-2-1-10-6-15-7-11(10)8-17/h3-5,10-11,15H,1-2,6-9H2. The van der Waals surface area contributed by atoms with Crippen LogP contribution >= 0.6 is 11.3 Å². The molecule has 0 amide bonds. The van der Waals surface area contributed by atoms with Gasteiger partial charge in [0, 0.05) is 30.7 Å². The van der Waals surface area contributed by atoms with Crippen molar-refractivity contribution < 1.29 is 0 Å². The minimum Gasteiger partial charge on any atom is -0.316 e. The van der Waals surface area contributed by atoms with Crippen molar-refractivity contribution in [3.8, 4) is 0 Å². The summed E-state index contributed by atoms with van der Waals surface area (Å²) in [7, 11) is 0. The van der Waals surface area contributed by atoms with Crippen LogP contribution in [0.15, 0.2) is 22.4 Å². The molecule has 0 aromatic carbocycles. The van der Waals surface area contributed by atoms with Crippen LogP contribution in [0.4, 0.5) is 0 Å². The first-order valence-corrected chi connectivity index (χ1v) is 8.06. The number of hydrogen-bond acceptors (Lipinski definition) is 5. The number of fused-ring (bicyclic) bond motifs is 2. The molecule has 1 N–H and O–H groups in total. The van der Waals surface area contributed by atoms with E-state index >= 15 is 0 Å². The van der Waals surface area contributed by atoms with E-state index in [2.05, 4.69) is 15.2 Å². The van der Waals surface area contributed by atoms with E-state index in [1.54, 1.807) is 16.7 Å². The number of aromatic nitrogens is 2. The van der Waals surface area contributed by atoms with Crippen LogP contribution in [0.2, 0.25) is 0 Å². The van der Waals surface area contributed by atoms with Crippen LogP contribution in [0.5, 0.6) is 0 Å². The summed E-state index contributed by atoms with van der Waals surface area (Å²) < 4.78 is 1.61. The fourth-order valence-corrected chi connectivity index (χ4v) is 4.19. The number of hydrogen-bond donors (Lipinski definition) is 1. The summed E-state index contributed by atoms with van der Waals surface area (Å²) in [5.41, 5.74) is 0.936. The van der Waals surface area contributed by atoms with Gasteiger partial charge >= 0.3 is 0 Å². The van der Waals surface area contributed by atoms with Gasteiger partial charge in [-0.2, -0.15) is 0 Å². The van der Waals surface area contributed by atoms with Gasteiger partial charge in [0.15, 0.2) is 4.96 Å². The van der Waals surface area contributed by atoms with Crippen LogP contribution in [0.3, 0.4) is 0 Å². The first kappa shape index (κ1) is 12.5. The molecule has 2 saturated heterocycles. The van der Waals surface area contributed by atoms with Crippen LogP contribution in [0.1, 0.15) is 12.1 Å². The van der Waals surface area contributed by atoms with Crippen molar-refractivity contribution >= 4 is 16.3 Å². The fourth-order valence-electron chi connectivity index (χ4n) is 3.45. The van der Waals surface area contributed by atoms with Gasteiger partial charge in [0.2, 0.25) is 0 Å². The highest BCUT2D eigenvalue weighted by Crippen LogP contribution is 2.27. The lowest BCUT2D eigenvalue weighted by Gasteiger charge is -2.34. The van der Waals surface area contributed by atoms with Gasteiger partial charge < -0.3 is 5.32 Å². The Kier molecular flexibility index (Phi) is 3.09. The third-order valence-electron chi connectivity index (χ3n) is 4.53. The van der Waals surface area contributed by atoms with Crippen LogP contribution < -0.4 is 10.9 Å². The van der Waals surface area contributed by atoms with Crippen LogP contribution in [0.25, 0.3) is 4.96 Å². The highest BCUT2D eigenvalue weighted by atomic mass is 32.1. The summed E-state index contributed by atoms with van der Waals surface area (Å²) in [5.74, 6) is 1.62. The van der Waals surface area contributed by atoms with Crippen molar-refractivity contribution in [3.63, 3.8) is 0 Å². The molecule has 0 saturated carbocycles. The van der Waals surface area contributed by atoms with Crippen molar-refractivity contribution in [1.82, 2.24) is 19.6 Å². The number of nitrogens with zero attached hydrogens (tertiary/aromatic N) is 3. The number of nitrogens with one attached hydrogen (secondary N) is 1. The molecule has 0 radical (unpaired) electrons. The molecule has 4 rings (SSSR count). The SMILES string of the molecule is O=c1cc(CN2CCC3CNCC3C2)nc2sccn12. The maximum atomic E-state index is 12.0. The molecule has 20 heavy (non-hydrogen) atoms. The summed E-state index contributed by atoms with van der Waals surface area (Å²) in [6.45, 7) is 5.37. The zero-order chi connectivity index (χ0) is 13.5. The van der Waals surface area contributed by atoms with Crippen LogP contribution in [0, 0.1) is 11.8 Å². The Morgan fingerprint density at radius 1 is 1.40 bits per heavy atom. The fraction of sp³-hybridized carbons (Fsp3) is 0.571. The summed E-state index contributed by atoms with van der Waals surface area (Å²) in [6.07, 6.45) is 3.05. The van der Waals surface area contributed by atoms with Gasteiger partial charge in [0.1, 0.15) is 0 Å². The highest BCUT2D eigenvalue weighted by molar-refractivity contribution is 7.15. The van der Waals surface area contributed by atoms with Gasteiger partial charge in [-0.3, -0.25) is 14.1 Å². The predicted molar refractivity (Wildman–Crippen MR) is 79.1 cm³/mol. The maximum Gasteiger partial charge on any atom is 0.258 e. The second-order valence-corrected chi connectivity index (χ2v) is 6.72. The number of piperidine rings is 1. The lowest BCUT2D eigenvalue weighted by atomic mass is 9.89. The minimum atomic E-state index is 0.0312. The average molecular weight is 290 g/mol. The lowest BCUT2D eigenvalue weighted by Crippen LogP contribution is -2.39. The Morgan fingerprint density at radius 3 is 3.25 bits per heavy atom. The molecule has 0 bridgehead atoms. The van der Waals surface area contributed by atoms with Crippen molar-refractivity contribution in [2.75, 3.05) is 26.2 Å². The third kappa shape index (κ3) is 2.17. The normalized spacial score (nSPS) is 27.0. The Morgan fingerprint density at radius 2 is 2.30 bits per heavy atom. The molecule has 4 heterocycles. The van der Waals surface area contributed by atoms with Crippen molar-refractivity contribution in [2.45, 2.75) is 13.0 Å². The maximum absolute atomic E-state index is 12.0. The Balaban J connectivity index is 1.54. The van der Waals surface area contributed by atoms with Crippen molar-refractivity contribution in [3.05, 3.63) is 33.7 Å². The van der Waals surface area contributed by atoms with Crippen LogP contribution in [-0.4, -0.2) is 40.5 Å². The van der Waals surface area contributed by atoms with E-state index in [4.69, 9.17) is 0 Å². The number of thiazole rings is 1. The Bertz CT molecular complexity index is 679. The summed E-state index contributed by atoms with van der Waals surface area (Å²) in [6, 6.07) is 1.68. The topological polar surface area (TPSA) is 49.6 Å². The van der Waals surface area contributed by atoms with E-state index in [0.717, 1.165) is 48.7 Å². The molecule has 2 aliphatic rings. The van der Waals surface area contributed by atoms with E-state index in [1.807, 2.05) is 5.38 Å². The second kappa shape index (κ2) is 4.95. The lowest BCUT2D eigenvalue weighted by molar-refractivity contribution is 0.141. The molecule has 0 spiro atoms.